The fourth-order valence-electron chi connectivity index (χ4n) is 0.538. The minimum Gasteiger partial charge on any atom is -0.478 e. The predicted octanol–water partition coefficient (Wildman–Crippen LogP) is 1.52. The van der Waals surface area contributed by atoms with Gasteiger partial charge in [0, 0.05) is 6.20 Å². The molecule has 0 unspecified atom stereocenters. The van der Waals surface area contributed by atoms with Crippen LogP contribution in [0.3, 0.4) is 0 Å². The summed E-state index contributed by atoms with van der Waals surface area (Å²) in [6, 6.07) is 0.942. The molecule has 0 aliphatic rings. The number of carboxylic acids is 1. The van der Waals surface area contributed by atoms with Gasteiger partial charge in [-0.15, -0.1) is 0 Å². The van der Waals surface area contributed by atoms with Crippen molar-refractivity contribution < 1.29 is 14.3 Å². The lowest BCUT2D eigenvalue weighted by Gasteiger charge is -1.94. The van der Waals surface area contributed by atoms with Crippen LogP contribution in [0.2, 0.25) is 0 Å². The maximum Gasteiger partial charge on any atom is 0.337 e. The normalized spacial score (nSPS) is 9.64. The Balaban J connectivity index is 3.15. The first-order valence-corrected chi connectivity index (χ1v) is 3.73. The Labute approximate surface area is 75.4 Å². The summed E-state index contributed by atoms with van der Waals surface area (Å²) in [5.41, 5.74) is -0.136. The van der Waals surface area contributed by atoms with Gasteiger partial charge in [0.1, 0.15) is 3.70 Å². The molecule has 0 aromatic carbocycles. The van der Waals surface area contributed by atoms with E-state index in [1.165, 1.54) is 0 Å². The van der Waals surface area contributed by atoms with Gasteiger partial charge in [0.25, 0.3) is 0 Å². The van der Waals surface area contributed by atoms with Crippen molar-refractivity contribution in [1.29, 1.82) is 0 Å². The molecule has 0 fully saturated rings. The molecule has 0 spiro atoms. The summed E-state index contributed by atoms with van der Waals surface area (Å²) in [4.78, 5) is 13.8. The van der Waals surface area contributed by atoms with Gasteiger partial charge in [-0.05, 0) is 28.7 Å². The van der Waals surface area contributed by atoms with Gasteiger partial charge < -0.3 is 5.11 Å². The molecule has 0 aliphatic heterocycles. The zero-order valence-electron chi connectivity index (χ0n) is 5.21. The van der Waals surface area contributed by atoms with E-state index in [9.17, 15) is 9.18 Å². The topological polar surface area (TPSA) is 50.2 Å². The van der Waals surface area contributed by atoms with Crippen molar-refractivity contribution in [1.82, 2.24) is 4.98 Å². The number of rotatable bonds is 1. The first kappa shape index (κ1) is 8.38. The lowest BCUT2D eigenvalue weighted by molar-refractivity contribution is 0.0696. The second-order valence-electron chi connectivity index (χ2n) is 1.80. The van der Waals surface area contributed by atoms with Gasteiger partial charge in [0.15, 0.2) is 5.82 Å². The number of halogens is 2. The molecule has 0 saturated carbocycles. The zero-order valence-corrected chi connectivity index (χ0v) is 7.37. The van der Waals surface area contributed by atoms with Crippen molar-refractivity contribution >= 4 is 28.6 Å². The van der Waals surface area contributed by atoms with Crippen molar-refractivity contribution in [3.05, 3.63) is 27.3 Å². The summed E-state index contributed by atoms with van der Waals surface area (Å²) in [7, 11) is 0. The summed E-state index contributed by atoms with van der Waals surface area (Å²) in [5.74, 6) is -1.78. The van der Waals surface area contributed by atoms with Crippen LogP contribution in [0, 0.1) is 9.52 Å². The maximum atomic E-state index is 12.6. The molecule has 0 aliphatic carbocycles. The van der Waals surface area contributed by atoms with E-state index in [1.807, 2.05) is 0 Å². The summed E-state index contributed by atoms with van der Waals surface area (Å²) in [5, 5.41) is 8.39. The molecule has 0 atom stereocenters. The van der Waals surface area contributed by atoms with Gasteiger partial charge in [-0.3, -0.25) is 0 Å². The fraction of sp³-hybridized carbons (Fsp3) is 0. The molecule has 11 heavy (non-hydrogen) atoms. The summed E-state index contributed by atoms with van der Waals surface area (Å²) in [6.45, 7) is 0. The molecule has 0 amide bonds. The molecule has 1 aromatic heterocycles. The van der Waals surface area contributed by atoms with Crippen molar-refractivity contribution in [3.63, 3.8) is 0 Å². The lowest BCUT2D eigenvalue weighted by Crippen LogP contribution is -1.99. The highest BCUT2D eigenvalue weighted by molar-refractivity contribution is 14.1. The van der Waals surface area contributed by atoms with E-state index in [2.05, 4.69) is 4.98 Å². The van der Waals surface area contributed by atoms with Crippen LogP contribution in [0.15, 0.2) is 12.3 Å². The third-order valence-corrected chi connectivity index (χ3v) is 1.84. The molecule has 58 valence electrons. The number of pyridine rings is 1. The van der Waals surface area contributed by atoms with E-state index in [0.29, 0.717) is 0 Å². The SMILES string of the molecule is O=C(O)c1cnc(I)c(F)c1. The molecule has 0 saturated heterocycles. The Hall–Kier alpha value is -0.720. The van der Waals surface area contributed by atoms with Crippen LogP contribution in [0.1, 0.15) is 10.4 Å². The van der Waals surface area contributed by atoms with Gasteiger partial charge in [-0.2, -0.15) is 0 Å². The largest absolute Gasteiger partial charge is 0.478 e. The molecule has 3 nitrogen and oxygen atoms in total. The molecular weight excluding hydrogens is 264 g/mol. The second-order valence-corrected chi connectivity index (χ2v) is 2.82. The Kier molecular flexibility index (Phi) is 2.38. The molecule has 1 aromatic rings. The quantitative estimate of drug-likeness (QED) is 0.620. The van der Waals surface area contributed by atoms with Crippen molar-refractivity contribution in [2.24, 2.45) is 0 Å². The van der Waals surface area contributed by atoms with Crippen LogP contribution >= 0.6 is 22.6 Å². The first-order chi connectivity index (χ1) is 5.11. The van der Waals surface area contributed by atoms with E-state index >= 15 is 0 Å². The lowest BCUT2D eigenvalue weighted by atomic mass is 10.3. The molecule has 5 heteroatoms. The summed E-state index contributed by atoms with van der Waals surface area (Å²) < 4.78 is 12.8. The van der Waals surface area contributed by atoms with Crippen LogP contribution in [0.5, 0.6) is 0 Å². The highest BCUT2D eigenvalue weighted by atomic mass is 127. The van der Waals surface area contributed by atoms with Crippen LogP contribution in [0.4, 0.5) is 4.39 Å². The zero-order chi connectivity index (χ0) is 8.43. The van der Waals surface area contributed by atoms with Crippen LogP contribution < -0.4 is 0 Å². The van der Waals surface area contributed by atoms with E-state index < -0.39 is 11.8 Å². The van der Waals surface area contributed by atoms with E-state index in [0.717, 1.165) is 12.3 Å². The number of aromatic carboxylic acids is 1. The number of carbonyl (C=O) groups is 1. The Morgan fingerprint density at radius 2 is 2.36 bits per heavy atom. The van der Waals surface area contributed by atoms with E-state index in [1.54, 1.807) is 22.6 Å². The minimum absolute atomic E-state index is 0.136. The predicted molar refractivity (Wildman–Crippen MR) is 43.9 cm³/mol. The number of carboxylic acid groups (broad SMARTS) is 1. The van der Waals surface area contributed by atoms with Crippen molar-refractivity contribution in [3.8, 4) is 0 Å². The van der Waals surface area contributed by atoms with Gasteiger partial charge in [-0.25, -0.2) is 14.2 Å². The Morgan fingerprint density at radius 3 is 2.82 bits per heavy atom. The van der Waals surface area contributed by atoms with Crippen molar-refractivity contribution in [2.75, 3.05) is 0 Å². The third kappa shape index (κ3) is 1.86. The van der Waals surface area contributed by atoms with Crippen LogP contribution in [-0.4, -0.2) is 16.1 Å². The average Bonchev–Trinajstić information content (AvgIpc) is 1.94. The van der Waals surface area contributed by atoms with E-state index in [-0.39, 0.29) is 9.26 Å². The van der Waals surface area contributed by atoms with Crippen molar-refractivity contribution in [2.45, 2.75) is 0 Å². The molecule has 0 radical (unpaired) electrons. The molecule has 1 heterocycles. The van der Waals surface area contributed by atoms with Gasteiger partial charge in [0.05, 0.1) is 5.56 Å². The molecular formula is C6H3FINO2. The third-order valence-electron chi connectivity index (χ3n) is 1.04. The highest BCUT2D eigenvalue weighted by Crippen LogP contribution is 2.08. The standard InChI is InChI=1S/C6H3FINO2/c7-4-1-3(6(10)11)2-9-5(4)8/h1-2H,(H,10,11). The monoisotopic (exact) mass is 267 g/mol. The highest BCUT2D eigenvalue weighted by Gasteiger charge is 2.06. The Morgan fingerprint density at radius 1 is 1.73 bits per heavy atom. The Bertz CT molecular complexity index is 303. The van der Waals surface area contributed by atoms with E-state index in [4.69, 9.17) is 5.11 Å². The first-order valence-electron chi connectivity index (χ1n) is 2.65. The van der Waals surface area contributed by atoms with Gasteiger partial charge in [-0.1, -0.05) is 0 Å². The minimum atomic E-state index is -1.17. The average molecular weight is 267 g/mol. The van der Waals surface area contributed by atoms with Crippen LogP contribution in [-0.2, 0) is 0 Å². The van der Waals surface area contributed by atoms with Gasteiger partial charge in [0.2, 0.25) is 0 Å². The smallest absolute Gasteiger partial charge is 0.337 e. The summed E-state index contributed by atoms with van der Waals surface area (Å²) in [6.07, 6.45) is 1.12. The number of hydrogen-bond acceptors (Lipinski definition) is 2. The second kappa shape index (κ2) is 3.12. The fourth-order valence-corrected chi connectivity index (χ4v) is 0.833. The molecule has 0 bridgehead atoms. The van der Waals surface area contributed by atoms with Gasteiger partial charge >= 0.3 is 5.97 Å². The maximum absolute atomic E-state index is 12.6. The number of aromatic nitrogens is 1. The number of hydrogen-bond donors (Lipinski definition) is 1. The van der Waals surface area contributed by atoms with Crippen LogP contribution in [0.25, 0.3) is 0 Å². The molecule has 1 rings (SSSR count). The summed E-state index contributed by atoms with van der Waals surface area (Å²) >= 11 is 1.69. The molecule has 1 N–H and O–H groups in total. The number of nitrogens with zero attached hydrogens (tertiary/aromatic N) is 1.